The van der Waals surface area contributed by atoms with Crippen molar-refractivity contribution in [2.75, 3.05) is 6.54 Å². The second-order valence-electron chi connectivity index (χ2n) is 5.20. The molecule has 0 spiro atoms. The molecule has 0 saturated heterocycles. The van der Waals surface area contributed by atoms with Crippen LogP contribution in [0.15, 0.2) is 0 Å². The van der Waals surface area contributed by atoms with Gasteiger partial charge in [0.15, 0.2) is 0 Å². The first kappa shape index (κ1) is 13.5. The van der Waals surface area contributed by atoms with Crippen LogP contribution in [0, 0.1) is 11.8 Å². The molecule has 0 bridgehead atoms. The molecule has 1 amide bonds. The highest BCUT2D eigenvalue weighted by molar-refractivity contribution is 5.78. The molecule has 1 fully saturated rings. The van der Waals surface area contributed by atoms with Gasteiger partial charge < -0.3 is 11.1 Å². The maximum atomic E-state index is 12.0. The number of amides is 1. The van der Waals surface area contributed by atoms with Crippen LogP contribution in [0.2, 0.25) is 0 Å². The van der Waals surface area contributed by atoms with Crippen molar-refractivity contribution in [3.63, 3.8) is 0 Å². The average Bonchev–Trinajstić information content (AvgIpc) is 2.56. The molecule has 0 radical (unpaired) electrons. The Hall–Kier alpha value is -0.570. The summed E-state index contributed by atoms with van der Waals surface area (Å²) in [5.74, 6) is 0.847. The van der Waals surface area contributed by atoms with Crippen LogP contribution >= 0.6 is 0 Å². The van der Waals surface area contributed by atoms with E-state index in [2.05, 4.69) is 12.2 Å². The summed E-state index contributed by atoms with van der Waals surface area (Å²) in [6.07, 6.45) is 7.13. The number of carbonyl (C=O) groups is 1. The second kappa shape index (κ2) is 6.89. The summed E-state index contributed by atoms with van der Waals surface area (Å²) in [4.78, 5) is 12.0. The zero-order valence-corrected chi connectivity index (χ0v) is 10.7. The predicted molar refractivity (Wildman–Crippen MR) is 67.0 cm³/mol. The molecular formula is C13H26N2O. The highest BCUT2D eigenvalue weighted by atomic mass is 16.1. The van der Waals surface area contributed by atoms with Crippen LogP contribution in [0.3, 0.4) is 0 Å². The Balaban J connectivity index is 2.37. The third-order valence-corrected chi connectivity index (χ3v) is 3.82. The first-order valence-corrected chi connectivity index (χ1v) is 6.65. The molecule has 3 N–H and O–H groups in total. The molecule has 16 heavy (non-hydrogen) atoms. The topological polar surface area (TPSA) is 55.1 Å². The van der Waals surface area contributed by atoms with Crippen LogP contribution in [-0.2, 0) is 4.79 Å². The molecule has 1 aliphatic rings. The number of nitrogens with one attached hydrogen (secondary N) is 1. The Morgan fingerprint density at radius 1 is 1.25 bits per heavy atom. The molecule has 1 aliphatic carbocycles. The molecular weight excluding hydrogens is 200 g/mol. The minimum atomic E-state index is 0.195. The highest BCUT2D eigenvalue weighted by Crippen LogP contribution is 2.23. The smallest absolute Gasteiger partial charge is 0.223 e. The standard InChI is InChI=1S/C13H26N2O/c1-10(9-14)11(2)15-13(16)12-7-5-3-4-6-8-12/h10-12H,3-9,14H2,1-2H3,(H,15,16). The predicted octanol–water partition coefficient (Wildman–Crippen LogP) is 2.06. The monoisotopic (exact) mass is 226 g/mol. The van der Waals surface area contributed by atoms with E-state index < -0.39 is 0 Å². The summed E-state index contributed by atoms with van der Waals surface area (Å²) in [7, 11) is 0. The summed E-state index contributed by atoms with van der Waals surface area (Å²) in [5, 5.41) is 3.11. The molecule has 0 aliphatic heterocycles. The number of hydrogen-bond donors (Lipinski definition) is 2. The van der Waals surface area contributed by atoms with Crippen molar-refractivity contribution in [2.45, 2.75) is 58.4 Å². The van der Waals surface area contributed by atoms with Crippen LogP contribution in [-0.4, -0.2) is 18.5 Å². The van der Waals surface area contributed by atoms with Crippen molar-refractivity contribution in [3.05, 3.63) is 0 Å². The van der Waals surface area contributed by atoms with Gasteiger partial charge in [0.1, 0.15) is 0 Å². The van der Waals surface area contributed by atoms with Crippen molar-refractivity contribution < 1.29 is 4.79 Å². The van der Waals surface area contributed by atoms with Crippen LogP contribution in [0.4, 0.5) is 0 Å². The first-order chi connectivity index (χ1) is 7.65. The Kier molecular flexibility index (Phi) is 5.81. The Bertz CT molecular complexity index is 210. The van der Waals surface area contributed by atoms with Gasteiger partial charge in [-0.2, -0.15) is 0 Å². The van der Waals surface area contributed by atoms with Gasteiger partial charge in [0.05, 0.1) is 0 Å². The highest BCUT2D eigenvalue weighted by Gasteiger charge is 2.22. The van der Waals surface area contributed by atoms with Crippen molar-refractivity contribution in [3.8, 4) is 0 Å². The molecule has 3 heteroatoms. The minimum absolute atomic E-state index is 0.195. The van der Waals surface area contributed by atoms with Gasteiger partial charge >= 0.3 is 0 Å². The van der Waals surface area contributed by atoms with Gasteiger partial charge in [0.2, 0.25) is 5.91 Å². The van der Waals surface area contributed by atoms with Crippen molar-refractivity contribution in [2.24, 2.45) is 17.6 Å². The minimum Gasteiger partial charge on any atom is -0.353 e. The van der Waals surface area contributed by atoms with E-state index in [9.17, 15) is 4.79 Å². The molecule has 3 nitrogen and oxygen atoms in total. The first-order valence-electron chi connectivity index (χ1n) is 6.65. The van der Waals surface area contributed by atoms with Crippen LogP contribution in [0.5, 0.6) is 0 Å². The van der Waals surface area contributed by atoms with Crippen LogP contribution in [0.25, 0.3) is 0 Å². The number of rotatable bonds is 4. The fourth-order valence-corrected chi connectivity index (χ4v) is 2.23. The van der Waals surface area contributed by atoms with E-state index in [1.54, 1.807) is 0 Å². The van der Waals surface area contributed by atoms with Crippen LogP contribution in [0.1, 0.15) is 52.4 Å². The van der Waals surface area contributed by atoms with Gasteiger partial charge in [0, 0.05) is 12.0 Å². The van der Waals surface area contributed by atoms with Gasteiger partial charge in [-0.1, -0.05) is 32.6 Å². The quantitative estimate of drug-likeness (QED) is 0.721. The van der Waals surface area contributed by atoms with Crippen LogP contribution < -0.4 is 11.1 Å². The Labute approximate surface area is 99.2 Å². The summed E-state index contributed by atoms with van der Waals surface area (Å²) >= 11 is 0. The van der Waals surface area contributed by atoms with Crippen molar-refractivity contribution in [1.82, 2.24) is 5.32 Å². The maximum Gasteiger partial charge on any atom is 0.223 e. The number of nitrogens with two attached hydrogens (primary N) is 1. The third-order valence-electron chi connectivity index (χ3n) is 3.82. The van der Waals surface area contributed by atoms with E-state index in [1.165, 1.54) is 25.7 Å². The zero-order valence-electron chi connectivity index (χ0n) is 10.7. The van der Waals surface area contributed by atoms with E-state index in [4.69, 9.17) is 5.73 Å². The molecule has 1 saturated carbocycles. The second-order valence-corrected chi connectivity index (χ2v) is 5.20. The van der Waals surface area contributed by atoms with E-state index in [0.717, 1.165) is 12.8 Å². The average molecular weight is 226 g/mol. The lowest BCUT2D eigenvalue weighted by molar-refractivity contribution is -0.126. The molecule has 2 atom stereocenters. The Morgan fingerprint density at radius 2 is 1.81 bits per heavy atom. The van der Waals surface area contributed by atoms with E-state index in [-0.39, 0.29) is 17.9 Å². The van der Waals surface area contributed by atoms with Gasteiger partial charge in [-0.05, 0) is 32.2 Å². The molecule has 94 valence electrons. The fraction of sp³-hybridized carbons (Fsp3) is 0.923. The van der Waals surface area contributed by atoms with Gasteiger partial charge in [-0.3, -0.25) is 4.79 Å². The van der Waals surface area contributed by atoms with Crippen molar-refractivity contribution >= 4 is 5.91 Å². The molecule has 0 heterocycles. The third kappa shape index (κ3) is 4.12. The SMILES string of the molecule is CC(CN)C(C)NC(=O)C1CCCCCC1. The van der Waals surface area contributed by atoms with E-state index in [0.29, 0.717) is 12.5 Å². The lowest BCUT2D eigenvalue weighted by Gasteiger charge is -2.22. The molecule has 0 aromatic carbocycles. The summed E-state index contributed by atoms with van der Waals surface area (Å²) < 4.78 is 0. The van der Waals surface area contributed by atoms with Gasteiger partial charge in [0.25, 0.3) is 0 Å². The summed E-state index contributed by atoms with van der Waals surface area (Å²) in [6.45, 7) is 4.76. The Morgan fingerprint density at radius 3 is 2.31 bits per heavy atom. The summed E-state index contributed by atoms with van der Waals surface area (Å²) in [6, 6.07) is 0.195. The molecule has 2 unspecified atom stereocenters. The van der Waals surface area contributed by atoms with Gasteiger partial charge in [-0.15, -0.1) is 0 Å². The van der Waals surface area contributed by atoms with Crippen molar-refractivity contribution in [1.29, 1.82) is 0 Å². The molecule has 0 aromatic rings. The maximum absolute atomic E-state index is 12.0. The lowest BCUT2D eigenvalue weighted by Crippen LogP contribution is -2.42. The van der Waals surface area contributed by atoms with Gasteiger partial charge in [-0.25, -0.2) is 0 Å². The summed E-state index contributed by atoms with van der Waals surface area (Å²) in [5.41, 5.74) is 5.60. The van der Waals surface area contributed by atoms with E-state index >= 15 is 0 Å². The zero-order chi connectivity index (χ0) is 12.0. The number of hydrogen-bond acceptors (Lipinski definition) is 2. The number of carbonyl (C=O) groups excluding carboxylic acids is 1. The normalized spacial score (nSPS) is 22.2. The fourth-order valence-electron chi connectivity index (χ4n) is 2.23. The molecule has 1 rings (SSSR count). The van der Waals surface area contributed by atoms with E-state index in [1.807, 2.05) is 6.92 Å². The lowest BCUT2D eigenvalue weighted by atomic mass is 9.97. The molecule has 0 aromatic heterocycles. The largest absolute Gasteiger partial charge is 0.353 e.